The van der Waals surface area contributed by atoms with Crippen LogP contribution >= 0.6 is 0 Å². The predicted molar refractivity (Wildman–Crippen MR) is 91.9 cm³/mol. The zero-order chi connectivity index (χ0) is 18.0. The Kier molecular flexibility index (Phi) is 4.92. The number of nitrogens with zero attached hydrogens (tertiary/aromatic N) is 3. The minimum atomic E-state index is -0.0934. The minimum Gasteiger partial charge on any atom is -0.361 e. The van der Waals surface area contributed by atoms with Gasteiger partial charge in [0.2, 0.25) is 5.91 Å². The van der Waals surface area contributed by atoms with Gasteiger partial charge in [0.25, 0.3) is 5.91 Å². The van der Waals surface area contributed by atoms with Gasteiger partial charge in [0.05, 0.1) is 12.2 Å². The van der Waals surface area contributed by atoms with Gasteiger partial charge in [-0.2, -0.15) is 0 Å². The van der Waals surface area contributed by atoms with Crippen LogP contribution in [0.4, 0.5) is 0 Å². The summed E-state index contributed by atoms with van der Waals surface area (Å²) in [5.74, 6) is 0.767. The number of amides is 2. The number of hydrogen-bond donors (Lipinski definition) is 1. The van der Waals surface area contributed by atoms with Gasteiger partial charge in [0.15, 0.2) is 0 Å². The van der Waals surface area contributed by atoms with Crippen molar-refractivity contribution in [2.24, 2.45) is 7.05 Å². The molecule has 0 bridgehead atoms. The van der Waals surface area contributed by atoms with Gasteiger partial charge in [-0.05, 0) is 38.8 Å². The molecule has 0 radical (unpaired) electrons. The summed E-state index contributed by atoms with van der Waals surface area (Å²) < 4.78 is 6.97. The maximum absolute atomic E-state index is 12.4. The second-order valence-electron chi connectivity index (χ2n) is 6.62. The first kappa shape index (κ1) is 17.3. The first-order chi connectivity index (χ1) is 12.0. The zero-order valence-corrected chi connectivity index (χ0v) is 14.9. The summed E-state index contributed by atoms with van der Waals surface area (Å²) >= 11 is 0. The average molecular weight is 344 g/mol. The van der Waals surface area contributed by atoms with Crippen LogP contribution in [0.1, 0.15) is 46.8 Å². The maximum Gasteiger partial charge on any atom is 0.268 e. The summed E-state index contributed by atoms with van der Waals surface area (Å²) in [5, 5.41) is 7.00. The lowest BCUT2D eigenvalue weighted by atomic mass is 10.1. The molecule has 3 heterocycles. The molecule has 7 nitrogen and oxygen atoms in total. The summed E-state index contributed by atoms with van der Waals surface area (Å²) in [5.41, 5.74) is 2.42. The van der Waals surface area contributed by atoms with E-state index in [1.165, 1.54) is 0 Å². The van der Waals surface area contributed by atoms with Crippen molar-refractivity contribution in [2.45, 2.75) is 45.7 Å². The molecule has 1 aliphatic rings. The van der Waals surface area contributed by atoms with Crippen molar-refractivity contribution < 1.29 is 14.1 Å². The Bertz CT molecular complexity index is 758. The number of aromatic nitrogens is 2. The van der Waals surface area contributed by atoms with E-state index in [0.29, 0.717) is 31.6 Å². The van der Waals surface area contributed by atoms with Crippen LogP contribution in [0.2, 0.25) is 0 Å². The van der Waals surface area contributed by atoms with E-state index in [0.717, 1.165) is 23.4 Å². The minimum absolute atomic E-state index is 0.000943. The van der Waals surface area contributed by atoms with Crippen LogP contribution in [-0.4, -0.2) is 39.0 Å². The van der Waals surface area contributed by atoms with E-state index in [4.69, 9.17) is 4.52 Å². The second-order valence-corrected chi connectivity index (χ2v) is 6.62. The smallest absolute Gasteiger partial charge is 0.268 e. The molecule has 1 aliphatic heterocycles. The summed E-state index contributed by atoms with van der Waals surface area (Å²) in [6.07, 6.45) is 3.68. The van der Waals surface area contributed by atoms with Crippen LogP contribution in [0, 0.1) is 13.8 Å². The normalized spacial score (nSPS) is 18.3. The molecule has 1 N–H and O–H groups in total. The van der Waals surface area contributed by atoms with E-state index in [2.05, 4.69) is 10.5 Å². The Morgan fingerprint density at radius 1 is 1.40 bits per heavy atom. The third-order valence-corrected chi connectivity index (χ3v) is 4.85. The van der Waals surface area contributed by atoms with Crippen LogP contribution < -0.4 is 5.32 Å². The van der Waals surface area contributed by atoms with Crippen LogP contribution in [0.5, 0.6) is 0 Å². The van der Waals surface area contributed by atoms with Gasteiger partial charge >= 0.3 is 0 Å². The van der Waals surface area contributed by atoms with Gasteiger partial charge in [-0.3, -0.25) is 9.59 Å². The first-order valence-electron chi connectivity index (χ1n) is 8.57. The van der Waals surface area contributed by atoms with E-state index in [1.54, 1.807) is 10.6 Å². The number of hydrogen-bond acceptors (Lipinski definition) is 4. The molecule has 2 amide bonds. The molecule has 134 valence electrons. The predicted octanol–water partition coefficient (Wildman–Crippen LogP) is 1.94. The molecule has 0 spiro atoms. The Morgan fingerprint density at radius 2 is 2.20 bits per heavy atom. The lowest BCUT2D eigenvalue weighted by Crippen LogP contribution is -2.36. The van der Waals surface area contributed by atoms with Crippen molar-refractivity contribution in [1.29, 1.82) is 0 Å². The van der Waals surface area contributed by atoms with Gasteiger partial charge < -0.3 is 19.3 Å². The van der Waals surface area contributed by atoms with E-state index in [-0.39, 0.29) is 17.9 Å². The van der Waals surface area contributed by atoms with Crippen LogP contribution in [-0.2, 0) is 18.4 Å². The highest BCUT2D eigenvalue weighted by atomic mass is 16.5. The molecule has 1 atom stereocenters. The highest BCUT2D eigenvalue weighted by Crippen LogP contribution is 2.19. The summed E-state index contributed by atoms with van der Waals surface area (Å²) in [7, 11) is 1.84. The fraction of sp³-hybridized carbons (Fsp3) is 0.500. The van der Waals surface area contributed by atoms with Crippen molar-refractivity contribution in [1.82, 2.24) is 19.9 Å². The van der Waals surface area contributed by atoms with Gasteiger partial charge in [-0.15, -0.1) is 0 Å². The molecule has 0 aliphatic carbocycles. The molecule has 2 aromatic rings. The SMILES string of the molecule is Cc1noc(C)c1CN1CCC(NC(=O)c2cccn2C)CCC1=O. The molecular formula is C18H24N4O3. The molecule has 0 aromatic carbocycles. The highest BCUT2D eigenvalue weighted by Gasteiger charge is 2.25. The van der Waals surface area contributed by atoms with E-state index in [9.17, 15) is 9.59 Å². The van der Waals surface area contributed by atoms with Crippen molar-refractivity contribution in [3.05, 3.63) is 41.0 Å². The van der Waals surface area contributed by atoms with E-state index < -0.39 is 0 Å². The second kappa shape index (κ2) is 7.13. The summed E-state index contributed by atoms with van der Waals surface area (Å²) in [6.45, 7) is 4.87. The number of likely N-dealkylation sites (tertiary alicyclic amines) is 1. The average Bonchev–Trinajstić information content (AvgIpc) is 3.09. The molecule has 0 saturated carbocycles. The molecule has 1 fully saturated rings. The third kappa shape index (κ3) is 3.75. The van der Waals surface area contributed by atoms with E-state index >= 15 is 0 Å². The lowest BCUT2D eigenvalue weighted by molar-refractivity contribution is -0.131. The monoisotopic (exact) mass is 344 g/mol. The Balaban J connectivity index is 1.62. The molecule has 1 saturated heterocycles. The standard InChI is InChI=1S/C18H24N4O3/c1-12-15(13(2)25-20-12)11-22-10-8-14(6-7-17(22)23)19-18(24)16-5-4-9-21(16)3/h4-5,9,14H,6-8,10-11H2,1-3H3,(H,19,24). The summed E-state index contributed by atoms with van der Waals surface area (Å²) in [6, 6.07) is 3.64. The quantitative estimate of drug-likeness (QED) is 0.919. The zero-order valence-electron chi connectivity index (χ0n) is 14.9. The number of rotatable bonds is 4. The van der Waals surface area contributed by atoms with Gasteiger partial charge in [0, 0.05) is 37.8 Å². The Hall–Kier alpha value is -2.57. The van der Waals surface area contributed by atoms with Gasteiger partial charge in [-0.25, -0.2) is 0 Å². The lowest BCUT2D eigenvalue weighted by Gasteiger charge is -2.21. The fourth-order valence-corrected chi connectivity index (χ4v) is 3.22. The van der Waals surface area contributed by atoms with Gasteiger partial charge in [-0.1, -0.05) is 5.16 Å². The Labute approximate surface area is 147 Å². The van der Waals surface area contributed by atoms with Crippen molar-refractivity contribution in [2.75, 3.05) is 6.54 Å². The van der Waals surface area contributed by atoms with Crippen LogP contribution in [0.15, 0.2) is 22.9 Å². The van der Waals surface area contributed by atoms with E-state index in [1.807, 2.05) is 38.1 Å². The maximum atomic E-state index is 12.4. The highest BCUT2D eigenvalue weighted by molar-refractivity contribution is 5.93. The largest absolute Gasteiger partial charge is 0.361 e. The number of carbonyl (C=O) groups is 2. The fourth-order valence-electron chi connectivity index (χ4n) is 3.22. The number of carbonyl (C=O) groups excluding carboxylic acids is 2. The Morgan fingerprint density at radius 3 is 2.84 bits per heavy atom. The molecule has 1 unspecified atom stereocenters. The molecule has 3 rings (SSSR count). The molecular weight excluding hydrogens is 320 g/mol. The van der Waals surface area contributed by atoms with Crippen molar-refractivity contribution >= 4 is 11.8 Å². The van der Waals surface area contributed by atoms with Gasteiger partial charge in [0.1, 0.15) is 11.5 Å². The summed E-state index contributed by atoms with van der Waals surface area (Å²) in [4.78, 5) is 26.6. The van der Waals surface area contributed by atoms with Crippen molar-refractivity contribution in [3.63, 3.8) is 0 Å². The number of nitrogens with one attached hydrogen (secondary N) is 1. The molecule has 7 heteroatoms. The van der Waals surface area contributed by atoms with Crippen LogP contribution in [0.3, 0.4) is 0 Å². The topological polar surface area (TPSA) is 80.4 Å². The molecule has 2 aromatic heterocycles. The van der Waals surface area contributed by atoms with Crippen LogP contribution in [0.25, 0.3) is 0 Å². The molecule has 25 heavy (non-hydrogen) atoms. The third-order valence-electron chi connectivity index (χ3n) is 4.85. The first-order valence-corrected chi connectivity index (χ1v) is 8.57. The number of aryl methyl sites for hydroxylation is 3. The van der Waals surface area contributed by atoms with Crippen molar-refractivity contribution in [3.8, 4) is 0 Å².